The SMILES string of the molecule is [CH2-][N+](C)(CCCC(=O)OCC)Cc1ccccc1. The Morgan fingerprint density at radius 2 is 2.00 bits per heavy atom. The van der Waals surface area contributed by atoms with E-state index in [1.807, 2.05) is 25.1 Å². The molecule has 0 N–H and O–H groups in total. The normalized spacial score (nSPS) is 13.9. The number of esters is 1. The van der Waals surface area contributed by atoms with Crippen molar-refractivity contribution in [1.29, 1.82) is 0 Å². The Labute approximate surface area is 110 Å². The van der Waals surface area contributed by atoms with E-state index in [9.17, 15) is 4.79 Å². The number of carbonyl (C=O) groups excluding carboxylic acids is 1. The quantitative estimate of drug-likeness (QED) is 0.422. The minimum Gasteiger partial charge on any atom is -0.466 e. The van der Waals surface area contributed by atoms with Gasteiger partial charge in [0.25, 0.3) is 0 Å². The average molecular weight is 249 g/mol. The van der Waals surface area contributed by atoms with Crippen LogP contribution in [0.4, 0.5) is 0 Å². The smallest absolute Gasteiger partial charge is 0.305 e. The first-order chi connectivity index (χ1) is 8.53. The first-order valence-corrected chi connectivity index (χ1v) is 6.42. The molecule has 0 radical (unpaired) electrons. The Balaban J connectivity index is 2.34. The second-order valence-electron chi connectivity index (χ2n) is 4.90. The number of ether oxygens (including phenoxy) is 1. The van der Waals surface area contributed by atoms with Crippen molar-refractivity contribution < 1.29 is 14.0 Å². The number of benzene rings is 1. The summed E-state index contributed by atoms with van der Waals surface area (Å²) in [5.41, 5.74) is 1.27. The number of carbonyl (C=O) groups is 1. The average Bonchev–Trinajstić information content (AvgIpc) is 2.29. The Bertz CT molecular complexity index is 360. The highest BCUT2D eigenvalue weighted by Gasteiger charge is 2.11. The van der Waals surface area contributed by atoms with Crippen molar-refractivity contribution in [2.45, 2.75) is 26.3 Å². The monoisotopic (exact) mass is 249 g/mol. The second kappa shape index (κ2) is 7.17. The fourth-order valence-corrected chi connectivity index (χ4v) is 1.94. The van der Waals surface area contributed by atoms with Crippen molar-refractivity contribution in [3.63, 3.8) is 0 Å². The van der Waals surface area contributed by atoms with Crippen LogP contribution in [-0.4, -0.2) is 30.7 Å². The summed E-state index contributed by atoms with van der Waals surface area (Å²) in [4.78, 5) is 11.2. The van der Waals surface area contributed by atoms with E-state index < -0.39 is 0 Å². The summed E-state index contributed by atoms with van der Waals surface area (Å²) >= 11 is 0. The number of nitrogens with zero attached hydrogens (tertiary/aromatic N) is 1. The third-order valence-electron chi connectivity index (χ3n) is 2.79. The molecule has 0 fully saturated rings. The summed E-state index contributed by atoms with van der Waals surface area (Å²) in [5, 5.41) is 0. The van der Waals surface area contributed by atoms with Crippen LogP contribution in [0.5, 0.6) is 0 Å². The van der Waals surface area contributed by atoms with Gasteiger partial charge in [-0.15, -0.1) is 7.05 Å². The Morgan fingerprint density at radius 1 is 1.33 bits per heavy atom. The molecular formula is C15H23NO2. The molecule has 0 spiro atoms. The van der Waals surface area contributed by atoms with Crippen LogP contribution in [0.2, 0.25) is 0 Å². The number of rotatable bonds is 7. The molecule has 0 amide bonds. The van der Waals surface area contributed by atoms with E-state index in [1.54, 1.807) is 0 Å². The summed E-state index contributed by atoms with van der Waals surface area (Å²) in [6.07, 6.45) is 1.29. The van der Waals surface area contributed by atoms with Gasteiger partial charge in [0.1, 0.15) is 0 Å². The molecule has 0 aromatic heterocycles. The van der Waals surface area contributed by atoms with Crippen molar-refractivity contribution in [2.24, 2.45) is 0 Å². The molecule has 0 saturated carbocycles. The number of quaternary nitrogens is 1. The maximum absolute atomic E-state index is 11.2. The molecule has 1 aromatic carbocycles. The standard InChI is InChI=1S/C15H23NO2/c1-4-18-15(17)11-8-12-16(2,3)13-14-9-6-5-7-10-14/h5-7,9-10H,2,4,8,11-13H2,1,3H3. The molecule has 100 valence electrons. The zero-order valence-corrected chi connectivity index (χ0v) is 11.4. The van der Waals surface area contributed by atoms with Gasteiger partial charge in [-0.1, -0.05) is 30.3 Å². The van der Waals surface area contributed by atoms with Crippen molar-refractivity contribution in [3.8, 4) is 0 Å². The van der Waals surface area contributed by atoms with Crippen molar-refractivity contribution >= 4 is 5.97 Å². The Hall–Kier alpha value is -1.35. The van der Waals surface area contributed by atoms with E-state index in [-0.39, 0.29) is 5.97 Å². The predicted octanol–water partition coefficient (Wildman–Crippen LogP) is 2.77. The minimum atomic E-state index is -0.114. The summed E-state index contributed by atoms with van der Waals surface area (Å²) in [5.74, 6) is -0.114. The van der Waals surface area contributed by atoms with Crippen LogP contribution < -0.4 is 0 Å². The first kappa shape index (κ1) is 14.7. The van der Waals surface area contributed by atoms with E-state index in [4.69, 9.17) is 4.74 Å². The summed E-state index contributed by atoms with van der Waals surface area (Å²) in [6, 6.07) is 10.3. The number of hydrogen-bond acceptors (Lipinski definition) is 2. The number of hydrogen-bond donors (Lipinski definition) is 0. The first-order valence-electron chi connectivity index (χ1n) is 6.42. The highest BCUT2D eigenvalue weighted by atomic mass is 16.5. The molecule has 1 rings (SSSR count). The highest BCUT2D eigenvalue weighted by Crippen LogP contribution is 2.12. The van der Waals surface area contributed by atoms with Crippen LogP contribution >= 0.6 is 0 Å². The van der Waals surface area contributed by atoms with Crippen molar-refractivity contribution in [2.75, 3.05) is 20.2 Å². The van der Waals surface area contributed by atoms with Crippen molar-refractivity contribution in [3.05, 3.63) is 42.9 Å². The minimum absolute atomic E-state index is 0.114. The van der Waals surface area contributed by atoms with Crippen LogP contribution in [0.25, 0.3) is 0 Å². The predicted molar refractivity (Wildman–Crippen MR) is 72.4 cm³/mol. The zero-order valence-electron chi connectivity index (χ0n) is 11.4. The lowest BCUT2D eigenvalue weighted by Crippen LogP contribution is -2.37. The molecule has 0 saturated heterocycles. The topological polar surface area (TPSA) is 26.3 Å². The second-order valence-corrected chi connectivity index (χ2v) is 4.90. The molecule has 0 aliphatic rings. The lowest BCUT2D eigenvalue weighted by atomic mass is 10.2. The van der Waals surface area contributed by atoms with Gasteiger partial charge < -0.3 is 9.22 Å². The third kappa shape index (κ3) is 5.82. The molecule has 0 bridgehead atoms. The summed E-state index contributed by atoms with van der Waals surface area (Å²) in [7, 11) is 6.27. The lowest BCUT2D eigenvalue weighted by Gasteiger charge is -2.38. The third-order valence-corrected chi connectivity index (χ3v) is 2.79. The van der Waals surface area contributed by atoms with Gasteiger partial charge in [0.2, 0.25) is 0 Å². The van der Waals surface area contributed by atoms with Gasteiger partial charge in [0.15, 0.2) is 0 Å². The van der Waals surface area contributed by atoms with Gasteiger partial charge in [-0.25, -0.2) is 0 Å². The van der Waals surface area contributed by atoms with Crippen LogP contribution in [0, 0.1) is 7.05 Å². The molecule has 0 aliphatic heterocycles. The largest absolute Gasteiger partial charge is 0.466 e. The summed E-state index contributed by atoms with van der Waals surface area (Å²) < 4.78 is 5.55. The Kier molecular flexibility index (Phi) is 5.86. The van der Waals surface area contributed by atoms with Crippen LogP contribution in [0.1, 0.15) is 25.3 Å². The molecule has 1 atom stereocenters. The molecular weight excluding hydrogens is 226 g/mol. The van der Waals surface area contributed by atoms with Crippen LogP contribution in [0.15, 0.2) is 30.3 Å². The fraction of sp³-hybridized carbons (Fsp3) is 0.467. The maximum atomic E-state index is 11.2. The molecule has 3 nitrogen and oxygen atoms in total. The summed E-state index contributed by atoms with van der Waals surface area (Å²) in [6.45, 7) is 4.03. The van der Waals surface area contributed by atoms with E-state index in [0.29, 0.717) is 17.5 Å². The zero-order chi connectivity index (χ0) is 13.4. The molecule has 3 heteroatoms. The maximum Gasteiger partial charge on any atom is 0.305 e. The van der Waals surface area contributed by atoms with Gasteiger partial charge in [0, 0.05) is 19.0 Å². The lowest BCUT2D eigenvalue weighted by molar-refractivity contribution is -0.879. The van der Waals surface area contributed by atoms with Crippen molar-refractivity contribution in [1.82, 2.24) is 0 Å². The van der Waals surface area contributed by atoms with E-state index in [0.717, 1.165) is 19.5 Å². The van der Waals surface area contributed by atoms with E-state index in [2.05, 4.69) is 26.2 Å². The molecule has 0 heterocycles. The van der Waals surface area contributed by atoms with Gasteiger partial charge in [0.05, 0.1) is 26.1 Å². The molecule has 1 unspecified atom stereocenters. The van der Waals surface area contributed by atoms with Crippen LogP contribution in [-0.2, 0) is 16.1 Å². The fourth-order valence-electron chi connectivity index (χ4n) is 1.94. The van der Waals surface area contributed by atoms with Gasteiger partial charge >= 0.3 is 5.97 Å². The molecule has 1 aromatic rings. The van der Waals surface area contributed by atoms with Crippen LogP contribution in [0.3, 0.4) is 0 Å². The van der Waals surface area contributed by atoms with Gasteiger partial charge in [-0.2, -0.15) is 0 Å². The molecule has 0 aliphatic carbocycles. The van der Waals surface area contributed by atoms with E-state index >= 15 is 0 Å². The Morgan fingerprint density at radius 3 is 2.61 bits per heavy atom. The molecule has 18 heavy (non-hydrogen) atoms. The van der Waals surface area contributed by atoms with Gasteiger partial charge in [-0.3, -0.25) is 4.79 Å². The van der Waals surface area contributed by atoms with Gasteiger partial charge in [-0.05, 0) is 6.92 Å². The highest BCUT2D eigenvalue weighted by molar-refractivity contribution is 5.69. The van der Waals surface area contributed by atoms with E-state index in [1.165, 1.54) is 5.56 Å².